The van der Waals surface area contributed by atoms with Gasteiger partial charge >= 0.3 is 5.97 Å². The van der Waals surface area contributed by atoms with E-state index in [2.05, 4.69) is 0 Å². The second-order valence-corrected chi connectivity index (χ2v) is 8.12. The molecule has 0 aliphatic rings. The molecule has 0 aromatic carbocycles. The number of carbonyl (C=O) groups is 1. The van der Waals surface area contributed by atoms with Crippen molar-refractivity contribution in [2.75, 3.05) is 24.7 Å². The summed E-state index contributed by atoms with van der Waals surface area (Å²) in [5, 5.41) is 0. The van der Waals surface area contributed by atoms with Crippen LogP contribution < -0.4 is 5.73 Å². The van der Waals surface area contributed by atoms with Gasteiger partial charge in [0.05, 0.1) is 17.8 Å². The van der Waals surface area contributed by atoms with Crippen LogP contribution in [0.3, 0.4) is 0 Å². The number of hydrogen-bond acceptors (Lipinski definition) is 5. The Morgan fingerprint density at radius 3 is 2.30 bits per heavy atom. The SMILES string of the molecule is CCOC(=O)C(CN)(CCCS(=O)(=O)CC)CC(C)C. The Hall–Kier alpha value is -0.620. The highest BCUT2D eigenvalue weighted by molar-refractivity contribution is 7.91. The molecule has 0 bridgehead atoms. The van der Waals surface area contributed by atoms with Crippen LogP contribution in [0.2, 0.25) is 0 Å². The van der Waals surface area contributed by atoms with Gasteiger partial charge in [-0.3, -0.25) is 4.79 Å². The zero-order valence-electron chi connectivity index (χ0n) is 13.1. The van der Waals surface area contributed by atoms with Crippen molar-refractivity contribution < 1.29 is 17.9 Å². The number of nitrogens with two attached hydrogens (primary N) is 1. The van der Waals surface area contributed by atoms with Gasteiger partial charge in [0.1, 0.15) is 9.84 Å². The molecule has 20 heavy (non-hydrogen) atoms. The third-order valence-electron chi connectivity index (χ3n) is 3.45. The Bertz CT molecular complexity index is 392. The quantitative estimate of drug-likeness (QED) is 0.621. The lowest BCUT2D eigenvalue weighted by molar-refractivity contribution is -0.156. The van der Waals surface area contributed by atoms with Crippen LogP contribution in [-0.2, 0) is 19.4 Å². The number of ether oxygens (including phenoxy) is 1. The maximum atomic E-state index is 12.2. The molecule has 0 rings (SSSR count). The van der Waals surface area contributed by atoms with Crippen molar-refractivity contribution >= 4 is 15.8 Å². The van der Waals surface area contributed by atoms with Crippen LogP contribution in [0.5, 0.6) is 0 Å². The largest absolute Gasteiger partial charge is 0.466 e. The number of sulfone groups is 1. The van der Waals surface area contributed by atoms with Crippen LogP contribution >= 0.6 is 0 Å². The van der Waals surface area contributed by atoms with E-state index < -0.39 is 15.3 Å². The lowest BCUT2D eigenvalue weighted by Gasteiger charge is -2.31. The average molecular weight is 307 g/mol. The Morgan fingerprint density at radius 1 is 1.30 bits per heavy atom. The third-order valence-corrected chi connectivity index (χ3v) is 5.24. The topological polar surface area (TPSA) is 86.5 Å². The molecule has 2 N–H and O–H groups in total. The average Bonchev–Trinajstić information content (AvgIpc) is 2.37. The standard InChI is InChI=1S/C14H29NO4S/c1-5-19-13(16)14(11-15,10-12(3)4)8-7-9-20(17,18)6-2/h12H,5-11,15H2,1-4H3. The van der Waals surface area contributed by atoms with E-state index in [4.69, 9.17) is 10.5 Å². The van der Waals surface area contributed by atoms with E-state index in [-0.39, 0.29) is 24.0 Å². The van der Waals surface area contributed by atoms with Crippen molar-refractivity contribution in [1.29, 1.82) is 0 Å². The van der Waals surface area contributed by atoms with Crippen LogP contribution in [0.4, 0.5) is 0 Å². The van der Waals surface area contributed by atoms with Crippen LogP contribution in [0.15, 0.2) is 0 Å². The lowest BCUT2D eigenvalue weighted by Crippen LogP contribution is -2.41. The van der Waals surface area contributed by atoms with Gasteiger partial charge in [-0.05, 0) is 32.1 Å². The first-order valence-corrected chi connectivity index (χ1v) is 9.13. The first-order chi connectivity index (χ1) is 9.23. The zero-order valence-corrected chi connectivity index (χ0v) is 14.0. The summed E-state index contributed by atoms with van der Waals surface area (Å²) in [4.78, 5) is 12.2. The summed E-state index contributed by atoms with van der Waals surface area (Å²) >= 11 is 0. The maximum absolute atomic E-state index is 12.2. The van der Waals surface area contributed by atoms with Gasteiger partial charge in [0.2, 0.25) is 0 Å². The predicted molar refractivity (Wildman–Crippen MR) is 81.1 cm³/mol. The molecule has 0 spiro atoms. The molecule has 0 heterocycles. The van der Waals surface area contributed by atoms with Gasteiger partial charge in [-0.1, -0.05) is 20.8 Å². The molecule has 0 aromatic rings. The highest BCUT2D eigenvalue weighted by atomic mass is 32.2. The first-order valence-electron chi connectivity index (χ1n) is 7.30. The van der Waals surface area contributed by atoms with Crippen molar-refractivity contribution in [3.63, 3.8) is 0 Å². The van der Waals surface area contributed by atoms with Crippen LogP contribution in [0.25, 0.3) is 0 Å². The molecule has 1 unspecified atom stereocenters. The molecular weight excluding hydrogens is 278 g/mol. The van der Waals surface area contributed by atoms with E-state index >= 15 is 0 Å². The van der Waals surface area contributed by atoms with Gasteiger partial charge in [-0.15, -0.1) is 0 Å². The van der Waals surface area contributed by atoms with Crippen LogP contribution in [0.1, 0.15) is 47.0 Å². The van der Waals surface area contributed by atoms with E-state index in [1.165, 1.54) is 0 Å². The van der Waals surface area contributed by atoms with Gasteiger partial charge in [0, 0.05) is 12.3 Å². The Balaban J connectivity index is 4.88. The minimum Gasteiger partial charge on any atom is -0.466 e. The second kappa shape index (κ2) is 8.62. The van der Waals surface area contributed by atoms with Crippen molar-refractivity contribution in [3.05, 3.63) is 0 Å². The summed E-state index contributed by atoms with van der Waals surface area (Å²) < 4.78 is 28.2. The van der Waals surface area contributed by atoms with E-state index in [9.17, 15) is 13.2 Å². The molecule has 0 saturated heterocycles. The molecule has 0 aromatic heterocycles. The fraction of sp³-hybridized carbons (Fsp3) is 0.929. The Morgan fingerprint density at radius 2 is 1.90 bits per heavy atom. The zero-order chi connectivity index (χ0) is 15.8. The van der Waals surface area contributed by atoms with E-state index in [1.807, 2.05) is 13.8 Å². The fourth-order valence-electron chi connectivity index (χ4n) is 2.40. The van der Waals surface area contributed by atoms with E-state index in [0.717, 1.165) is 0 Å². The molecule has 0 aliphatic carbocycles. The number of rotatable bonds is 10. The Kier molecular flexibility index (Phi) is 8.35. The number of hydrogen-bond donors (Lipinski definition) is 1. The minimum absolute atomic E-state index is 0.1000. The summed E-state index contributed by atoms with van der Waals surface area (Å²) in [6.45, 7) is 7.93. The molecule has 0 fully saturated rings. The molecule has 0 radical (unpaired) electrons. The summed E-state index contributed by atoms with van der Waals surface area (Å²) in [5.41, 5.74) is 5.06. The van der Waals surface area contributed by atoms with Gasteiger partial charge in [-0.2, -0.15) is 0 Å². The summed E-state index contributed by atoms with van der Waals surface area (Å²) in [6, 6.07) is 0. The van der Waals surface area contributed by atoms with E-state index in [1.54, 1.807) is 13.8 Å². The molecule has 0 aliphatic heterocycles. The summed E-state index contributed by atoms with van der Waals surface area (Å²) in [5.74, 6) is 0.227. The summed E-state index contributed by atoms with van der Waals surface area (Å²) in [7, 11) is -3.01. The fourth-order valence-corrected chi connectivity index (χ4v) is 3.27. The lowest BCUT2D eigenvalue weighted by atomic mass is 9.76. The van der Waals surface area contributed by atoms with Crippen LogP contribution in [0, 0.1) is 11.3 Å². The van der Waals surface area contributed by atoms with Crippen molar-refractivity contribution in [3.8, 4) is 0 Å². The van der Waals surface area contributed by atoms with Gasteiger partial charge in [-0.25, -0.2) is 8.42 Å². The molecule has 6 heteroatoms. The highest BCUT2D eigenvalue weighted by Gasteiger charge is 2.38. The van der Waals surface area contributed by atoms with Crippen molar-refractivity contribution in [2.45, 2.75) is 47.0 Å². The van der Waals surface area contributed by atoms with Gasteiger partial charge in [0.25, 0.3) is 0 Å². The predicted octanol–water partition coefficient (Wildman–Crippen LogP) is 1.76. The monoisotopic (exact) mass is 307 g/mol. The third kappa shape index (κ3) is 6.22. The molecule has 1 atom stereocenters. The number of esters is 1. The highest BCUT2D eigenvalue weighted by Crippen LogP contribution is 2.32. The molecule has 0 saturated carbocycles. The molecule has 5 nitrogen and oxygen atoms in total. The molecule has 0 amide bonds. The Labute approximate surface area is 123 Å². The first kappa shape index (κ1) is 19.4. The van der Waals surface area contributed by atoms with Crippen molar-refractivity contribution in [2.24, 2.45) is 17.1 Å². The van der Waals surface area contributed by atoms with Crippen LogP contribution in [-0.4, -0.2) is 39.0 Å². The second-order valence-electron chi connectivity index (χ2n) is 5.64. The van der Waals surface area contributed by atoms with Gasteiger partial charge in [0.15, 0.2) is 0 Å². The molecule has 120 valence electrons. The number of carbonyl (C=O) groups excluding carboxylic acids is 1. The van der Waals surface area contributed by atoms with Crippen molar-refractivity contribution in [1.82, 2.24) is 0 Å². The van der Waals surface area contributed by atoms with E-state index in [0.29, 0.717) is 31.8 Å². The van der Waals surface area contributed by atoms with Gasteiger partial charge < -0.3 is 10.5 Å². The minimum atomic E-state index is -3.01. The molecular formula is C14H29NO4S. The summed E-state index contributed by atoms with van der Waals surface area (Å²) in [6.07, 6.45) is 1.52. The maximum Gasteiger partial charge on any atom is 0.313 e. The smallest absolute Gasteiger partial charge is 0.313 e. The normalized spacial score (nSPS) is 15.1.